The van der Waals surface area contributed by atoms with Crippen LogP contribution in [0.1, 0.15) is 48.8 Å². The van der Waals surface area contributed by atoms with E-state index in [0.717, 1.165) is 30.1 Å². The van der Waals surface area contributed by atoms with Gasteiger partial charge in [-0.25, -0.2) is 0 Å². The van der Waals surface area contributed by atoms with E-state index in [1.165, 1.54) is 44.3 Å². The molecule has 1 N–H and O–H groups in total. The van der Waals surface area contributed by atoms with Crippen LogP contribution in [0, 0.1) is 0 Å². The number of hydrogen-bond donors (Lipinski definition) is 1. The van der Waals surface area contributed by atoms with Gasteiger partial charge >= 0.3 is 0 Å². The summed E-state index contributed by atoms with van der Waals surface area (Å²) in [6, 6.07) is 13.1. The molecular weight excluding hydrogens is 336 g/mol. The predicted octanol–water partition coefficient (Wildman–Crippen LogP) is 3.29. The van der Waals surface area contributed by atoms with Crippen molar-refractivity contribution >= 4 is 11.3 Å². The Bertz CT molecular complexity index is 893. The van der Waals surface area contributed by atoms with Crippen LogP contribution in [0.5, 0.6) is 0 Å². The number of nitrogens with zero attached hydrogens (tertiary/aromatic N) is 5. The molecule has 6 nitrogen and oxygen atoms in total. The average molecular weight is 362 g/mol. The quantitative estimate of drug-likeness (QED) is 0.729. The number of rotatable bonds is 6. The van der Waals surface area contributed by atoms with Crippen LogP contribution >= 0.6 is 0 Å². The van der Waals surface area contributed by atoms with Crippen molar-refractivity contribution in [3.63, 3.8) is 0 Å². The molecule has 0 unspecified atom stereocenters. The third-order valence-electron chi connectivity index (χ3n) is 5.88. The fraction of sp³-hybridized carbons (Fsp3) is 0.476. The highest BCUT2D eigenvalue weighted by Gasteiger charge is 2.26. The Balaban J connectivity index is 1.16. The first-order valence-corrected chi connectivity index (χ1v) is 10.1. The molecule has 1 saturated heterocycles. The van der Waals surface area contributed by atoms with Crippen molar-refractivity contribution in [2.45, 2.75) is 37.5 Å². The minimum Gasteiger partial charge on any atom is -0.381 e. The summed E-state index contributed by atoms with van der Waals surface area (Å²) >= 11 is 0. The zero-order valence-electron chi connectivity index (χ0n) is 15.6. The van der Waals surface area contributed by atoms with Crippen molar-refractivity contribution in [2.75, 3.05) is 31.5 Å². The maximum Gasteiger partial charge on any atom is 0.200 e. The molecule has 1 aromatic carbocycles. The molecule has 0 radical (unpaired) electrons. The Morgan fingerprint density at radius 1 is 1.00 bits per heavy atom. The number of nitrogens with one attached hydrogen (secondary N) is 1. The van der Waals surface area contributed by atoms with Gasteiger partial charge in [0.2, 0.25) is 5.65 Å². The predicted molar refractivity (Wildman–Crippen MR) is 106 cm³/mol. The first-order chi connectivity index (χ1) is 13.4. The molecule has 2 aromatic heterocycles. The molecule has 3 aromatic rings. The highest BCUT2D eigenvalue weighted by atomic mass is 15.3. The van der Waals surface area contributed by atoms with E-state index in [1.54, 1.807) is 10.8 Å². The van der Waals surface area contributed by atoms with Crippen LogP contribution in [0.2, 0.25) is 0 Å². The maximum atomic E-state index is 4.63. The molecule has 0 amide bonds. The van der Waals surface area contributed by atoms with E-state index in [0.29, 0.717) is 11.8 Å². The van der Waals surface area contributed by atoms with Crippen molar-refractivity contribution in [1.82, 2.24) is 24.7 Å². The molecule has 5 rings (SSSR count). The Kier molecular flexibility index (Phi) is 4.49. The largest absolute Gasteiger partial charge is 0.381 e. The summed E-state index contributed by atoms with van der Waals surface area (Å²) in [6.07, 6.45) is 6.69. The molecular formula is C21H26N6. The number of fused-ring (bicyclic) bond motifs is 1. The van der Waals surface area contributed by atoms with Crippen LogP contribution < -0.4 is 5.32 Å². The summed E-state index contributed by atoms with van der Waals surface area (Å²) in [5.41, 5.74) is 4.54. The number of hydrogen-bond acceptors (Lipinski definition) is 5. The number of piperidine rings is 1. The van der Waals surface area contributed by atoms with Crippen LogP contribution in [-0.4, -0.2) is 50.9 Å². The summed E-state index contributed by atoms with van der Waals surface area (Å²) in [7, 11) is 0. The number of likely N-dealkylation sites (tertiary alicyclic amines) is 1. The van der Waals surface area contributed by atoms with Crippen molar-refractivity contribution in [2.24, 2.45) is 0 Å². The van der Waals surface area contributed by atoms with Crippen molar-refractivity contribution in [1.29, 1.82) is 0 Å². The third kappa shape index (κ3) is 3.67. The first-order valence-electron chi connectivity index (χ1n) is 10.1. The van der Waals surface area contributed by atoms with Crippen molar-refractivity contribution in [3.8, 4) is 0 Å². The molecule has 140 valence electrons. The molecule has 0 spiro atoms. The molecule has 2 fully saturated rings. The lowest BCUT2D eigenvalue weighted by Gasteiger charge is -2.32. The fourth-order valence-corrected chi connectivity index (χ4v) is 4.12. The van der Waals surface area contributed by atoms with Gasteiger partial charge in [-0.2, -0.15) is 9.61 Å². The Morgan fingerprint density at radius 2 is 1.81 bits per heavy atom. The third-order valence-corrected chi connectivity index (χ3v) is 5.88. The second-order valence-corrected chi connectivity index (χ2v) is 7.81. The molecule has 0 atom stereocenters. The van der Waals surface area contributed by atoms with Gasteiger partial charge in [0.1, 0.15) is 6.33 Å². The second-order valence-electron chi connectivity index (χ2n) is 7.81. The van der Waals surface area contributed by atoms with E-state index in [9.17, 15) is 0 Å². The van der Waals surface area contributed by atoms with Gasteiger partial charge in [-0.05, 0) is 56.3 Å². The molecule has 27 heavy (non-hydrogen) atoms. The molecule has 0 bridgehead atoms. The van der Waals surface area contributed by atoms with E-state index in [1.807, 2.05) is 0 Å². The molecule has 1 saturated carbocycles. The summed E-state index contributed by atoms with van der Waals surface area (Å²) in [4.78, 5) is 2.57. The maximum absolute atomic E-state index is 4.63. The topological polar surface area (TPSA) is 58.4 Å². The van der Waals surface area contributed by atoms with Gasteiger partial charge < -0.3 is 10.2 Å². The van der Waals surface area contributed by atoms with E-state index < -0.39 is 0 Å². The van der Waals surface area contributed by atoms with Crippen LogP contribution in [0.25, 0.3) is 5.65 Å². The van der Waals surface area contributed by atoms with Gasteiger partial charge in [-0.3, -0.25) is 0 Å². The van der Waals surface area contributed by atoms with E-state index in [2.05, 4.69) is 61.9 Å². The van der Waals surface area contributed by atoms with Gasteiger partial charge in [0.05, 0.1) is 11.4 Å². The first kappa shape index (κ1) is 16.7. The Labute approximate surface area is 159 Å². The van der Waals surface area contributed by atoms with Crippen LogP contribution in [0.15, 0.2) is 42.7 Å². The minimum absolute atomic E-state index is 0.620. The lowest BCUT2D eigenvalue weighted by atomic mass is 9.89. The molecule has 1 aliphatic carbocycles. The van der Waals surface area contributed by atoms with Gasteiger partial charge in [0.15, 0.2) is 0 Å². The lowest BCUT2D eigenvalue weighted by Crippen LogP contribution is -2.36. The number of anilines is 1. The van der Waals surface area contributed by atoms with Crippen LogP contribution in [0.3, 0.4) is 0 Å². The Hall–Kier alpha value is -2.47. The fourth-order valence-electron chi connectivity index (χ4n) is 4.12. The van der Waals surface area contributed by atoms with Crippen LogP contribution in [0.4, 0.5) is 5.69 Å². The molecule has 6 heteroatoms. The van der Waals surface area contributed by atoms with E-state index in [-0.39, 0.29) is 0 Å². The van der Waals surface area contributed by atoms with Gasteiger partial charge in [0, 0.05) is 19.0 Å². The molecule has 2 aliphatic rings. The second kappa shape index (κ2) is 7.27. The standard InChI is InChI=1S/C21H26N6/c1-2-4-16(5-3-1)17-8-11-26(12-9-17)13-10-22-20-14-19(18-6-7-18)25-27-15-23-24-21(20)27/h1-5,14-15,17-18,22H,6-13H2. The SMILES string of the molecule is c1ccc(C2CCN(CCNc3cc(C4CC4)nn4cnnc34)CC2)cc1. The van der Waals surface area contributed by atoms with Gasteiger partial charge in [-0.15, -0.1) is 10.2 Å². The van der Waals surface area contributed by atoms with E-state index >= 15 is 0 Å². The number of aromatic nitrogens is 4. The lowest BCUT2D eigenvalue weighted by molar-refractivity contribution is 0.219. The zero-order valence-corrected chi connectivity index (χ0v) is 15.6. The van der Waals surface area contributed by atoms with Gasteiger partial charge in [-0.1, -0.05) is 30.3 Å². The zero-order chi connectivity index (χ0) is 18.1. The minimum atomic E-state index is 0.620. The van der Waals surface area contributed by atoms with Crippen molar-refractivity contribution in [3.05, 3.63) is 54.0 Å². The van der Waals surface area contributed by atoms with Gasteiger partial charge in [0.25, 0.3) is 0 Å². The molecule has 1 aliphatic heterocycles. The monoisotopic (exact) mass is 362 g/mol. The Morgan fingerprint density at radius 3 is 2.59 bits per heavy atom. The highest BCUT2D eigenvalue weighted by molar-refractivity contribution is 5.66. The summed E-state index contributed by atoms with van der Waals surface area (Å²) in [6.45, 7) is 4.33. The average Bonchev–Trinajstić information content (AvgIpc) is 3.46. The summed E-state index contributed by atoms with van der Waals surface area (Å²) in [5, 5.41) is 16.5. The normalized spacial score (nSPS) is 18.8. The summed E-state index contributed by atoms with van der Waals surface area (Å²) < 4.78 is 1.81. The summed E-state index contributed by atoms with van der Waals surface area (Å²) in [5.74, 6) is 1.33. The van der Waals surface area contributed by atoms with E-state index in [4.69, 9.17) is 0 Å². The molecule has 3 heterocycles. The number of benzene rings is 1. The van der Waals surface area contributed by atoms with Crippen LogP contribution in [-0.2, 0) is 0 Å². The van der Waals surface area contributed by atoms with Crippen molar-refractivity contribution < 1.29 is 0 Å². The highest BCUT2D eigenvalue weighted by Crippen LogP contribution is 2.39. The smallest absolute Gasteiger partial charge is 0.200 e.